The van der Waals surface area contributed by atoms with Gasteiger partial charge in [0.25, 0.3) is 0 Å². The molecule has 3 rings (SSSR count). The molecule has 0 N–H and O–H groups in total. The van der Waals surface area contributed by atoms with Gasteiger partial charge in [-0.05, 0) is 61.1 Å². The highest BCUT2D eigenvalue weighted by Crippen LogP contribution is 2.26. The summed E-state index contributed by atoms with van der Waals surface area (Å²) in [6.45, 7) is 0. The second-order valence-corrected chi connectivity index (χ2v) is 5.23. The average molecular weight is 282 g/mol. The van der Waals surface area contributed by atoms with Gasteiger partial charge in [0.2, 0.25) is 0 Å². The van der Waals surface area contributed by atoms with Crippen LogP contribution in [0.25, 0.3) is 0 Å². The van der Waals surface area contributed by atoms with E-state index in [9.17, 15) is 4.79 Å². The molecule has 1 aliphatic carbocycles. The number of para-hydroxylation sites is 1. The maximum atomic E-state index is 12.3. The summed E-state index contributed by atoms with van der Waals surface area (Å²) in [5, 5.41) is 0. The third-order valence-electron chi connectivity index (χ3n) is 3.86. The van der Waals surface area contributed by atoms with E-state index < -0.39 is 0 Å². The number of hydrogen-bond donors (Lipinski definition) is 0. The topological polar surface area (TPSA) is 35.5 Å². The fourth-order valence-electron chi connectivity index (χ4n) is 2.75. The molecule has 0 saturated carbocycles. The van der Waals surface area contributed by atoms with Gasteiger partial charge in [-0.15, -0.1) is 0 Å². The van der Waals surface area contributed by atoms with E-state index in [1.54, 1.807) is 25.3 Å². The zero-order valence-electron chi connectivity index (χ0n) is 12.1. The summed E-state index contributed by atoms with van der Waals surface area (Å²) in [7, 11) is 1.55. The Kier molecular flexibility index (Phi) is 3.91. The van der Waals surface area contributed by atoms with Crippen LogP contribution in [0.5, 0.6) is 11.5 Å². The number of hydrogen-bond acceptors (Lipinski definition) is 3. The molecule has 0 radical (unpaired) electrons. The zero-order chi connectivity index (χ0) is 14.7. The highest BCUT2D eigenvalue weighted by molar-refractivity contribution is 5.94. The lowest BCUT2D eigenvalue weighted by atomic mass is 9.92. The molecule has 0 bridgehead atoms. The van der Waals surface area contributed by atoms with Crippen LogP contribution in [0.15, 0.2) is 42.5 Å². The third-order valence-corrected chi connectivity index (χ3v) is 3.86. The minimum atomic E-state index is -0.386. The van der Waals surface area contributed by atoms with Crippen molar-refractivity contribution in [3.05, 3.63) is 59.2 Å². The Balaban J connectivity index is 1.81. The van der Waals surface area contributed by atoms with Crippen molar-refractivity contribution < 1.29 is 14.3 Å². The summed E-state index contributed by atoms with van der Waals surface area (Å²) >= 11 is 0. The number of benzene rings is 2. The first-order valence-corrected chi connectivity index (χ1v) is 7.25. The van der Waals surface area contributed by atoms with Crippen molar-refractivity contribution >= 4 is 5.97 Å². The van der Waals surface area contributed by atoms with Gasteiger partial charge in [0.1, 0.15) is 17.1 Å². The molecule has 0 fully saturated rings. The predicted octanol–water partition coefficient (Wildman–Crippen LogP) is 3.79. The van der Waals surface area contributed by atoms with Gasteiger partial charge >= 0.3 is 5.97 Å². The maximum Gasteiger partial charge on any atom is 0.347 e. The molecule has 0 atom stereocenters. The van der Waals surface area contributed by atoms with E-state index in [1.165, 1.54) is 24.0 Å². The fraction of sp³-hybridized carbons (Fsp3) is 0.278. The number of ether oxygens (including phenoxy) is 2. The molecule has 2 aromatic carbocycles. The summed E-state index contributed by atoms with van der Waals surface area (Å²) in [4.78, 5) is 12.3. The number of carbonyl (C=O) groups excluding carboxylic acids is 1. The molecule has 3 heteroatoms. The van der Waals surface area contributed by atoms with Crippen molar-refractivity contribution in [2.24, 2.45) is 0 Å². The fourth-order valence-corrected chi connectivity index (χ4v) is 2.75. The van der Waals surface area contributed by atoms with Gasteiger partial charge in [0.15, 0.2) is 0 Å². The Morgan fingerprint density at radius 2 is 1.76 bits per heavy atom. The highest BCUT2D eigenvalue weighted by atomic mass is 16.5. The van der Waals surface area contributed by atoms with Crippen molar-refractivity contribution in [1.29, 1.82) is 0 Å². The van der Waals surface area contributed by atoms with Crippen LogP contribution in [0, 0.1) is 0 Å². The molecular formula is C18H18O3. The minimum absolute atomic E-state index is 0.386. The van der Waals surface area contributed by atoms with E-state index in [2.05, 4.69) is 6.07 Å². The molecule has 0 amide bonds. The van der Waals surface area contributed by atoms with E-state index in [0.717, 1.165) is 12.8 Å². The second kappa shape index (κ2) is 6.00. The van der Waals surface area contributed by atoms with E-state index in [1.807, 2.05) is 18.2 Å². The number of aryl methyl sites for hydroxylation is 2. The largest absolute Gasteiger partial charge is 0.496 e. The Morgan fingerprint density at radius 1 is 1.00 bits per heavy atom. The molecule has 0 unspecified atom stereocenters. The van der Waals surface area contributed by atoms with Crippen molar-refractivity contribution in [3.8, 4) is 11.5 Å². The molecule has 0 heterocycles. The molecule has 3 nitrogen and oxygen atoms in total. The van der Waals surface area contributed by atoms with Crippen molar-refractivity contribution in [2.75, 3.05) is 7.11 Å². The first-order chi connectivity index (χ1) is 10.3. The normalized spacial score (nSPS) is 13.4. The van der Waals surface area contributed by atoms with Crippen LogP contribution in [0.3, 0.4) is 0 Å². The SMILES string of the molecule is COc1ccccc1C(=O)Oc1ccc2c(c1)CCCC2. The lowest BCUT2D eigenvalue weighted by Gasteiger charge is -2.16. The van der Waals surface area contributed by atoms with Crippen LogP contribution < -0.4 is 9.47 Å². The Bertz CT molecular complexity index is 661. The quantitative estimate of drug-likeness (QED) is 0.634. The van der Waals surface area contributed by atoms with Crippen LogP contribution in [0.1, 0.15) is 34.3 Å². The van der Waals surface area contributed by atoms with Gasteiger partial charge < -0.3 is 9.47 Å². The number of rotatable bonds is 3. The molecule has 0 spiro atoms. The first kappa shape index (κ1) is 13.7. The van der Waals surface area contributed by atoms with Gasteiger partial charge in [0, 0.05) is 0 Å². The van der Waals surface area contributed by atoms with E-state index in [-0.39, 0.29) is 5.97 Å². The van der Waals surface area contributed by atoms with Crippen LogP contribution in [0.2, 0.25) is 0 Å². The molecule has 0 saturated heterocycles. The van der Waals surface area contributed by atoms with Crippen LogP contribution in [-0.4, -0.2) is 13.1 Å². The Labute approximate surface area is 124 Å². The number of carbonyl (C=O) groups is 1. The predicted molar refractivity (Wildman–Crippen MR) is 81.0 cm³/mol. The molecule has 2 aromatic rings. The number of methoxy groups -OCH3 is 1. The van der Waals surface area contributed by atoms with Crippen LogP contribution >= 0.6 is 0 Å². The molecule has 21 heavy (non-hydrogen) atoms. The van der Waals surface area contributed by atoms with Crippen molar-refractivity contribution in [1.82, 2.24) is 0 Å². The maximum absolute atomic E-state index is 12.3. The van der Waals surface area contributed by atoms with E-state index >= 15 is 0 Å². The third kappa shape index (κ3) is 2.92. The standard InChI is InChI=1S/C18H18O3/c1-20-17-9-5-4-8-16(17)18(19)21-15-11-10-13-6-2-3-7-14(13)12-15/h4-5,8-12H,2-3,6-7H2,1H3. The first-order valence-electron chi connectivity index (χ1n) is 7.25. The molecule has 108 valence electrons. The van der Waals surface area contributed by atoms with Crippen molar-refractivity contribution in [2.45, 2.75) is 25.7 Å². The van der Waals surface area contributed by atoms with Gasteiger partial charge in [-0.3, -0.25) is 0 Å². The summed E-state index contributed by atoms with van der Waals surface area (Å²) in [5.41, 5.74) is 3.11. The zero-order valence-corrected chi connectivity index (χ0v) is 12.1. The van der Waals surface area contributed by atoms with Gasteiger partial charge in [-0.1, -0.05) is 18.2 Å². The van der Waals surface area contributed by atoms with Gasteiger partial charge in [-0.2, -0.15) is 0 Å². The number of esters is 1. The van der Waals surface area contributed by atoms with Gasteiger partial charge in [0.05, 0.1) is 7.11 Å². The highest BCUT2D eigenvalue weighted by Gasteiger charge is 2.15. The molecule has 1 aliphatic rings. The van der Waals surface area contributed by atoms with Crippen LogP contribution in [0.4, 0.5) is 0 Å². The van der Waals surface area contributed by atoms with E-state index in [0.29, 0.717) is 17.1 Å². The monoisotopic (exact) mass is 282 g/mol. The summed E-state index contributed by atoms with van der Waals surface area (Å²) in [5.74, 6) is 0.746. The molecule has 0 aromatic heterocycles. The number of fused-ring (bicyclic) bond motifs is 1. The lowest BCUT2D eigenvalue weighted by molar-refractivity contribution is 0.0731. The Morgan fingerprint density at radius 3 is 2.57 bits per heavy atom. The average Bonchev–Trinajstić information content (AvgIpc) is 2.54. The van der Waals surface area contributed by atoms with Crippen LogP contribution in [-0.2, 0) is 12.8 Å². The smallest absolute Gasteiger partial charge is 0.347 e. The lowest BCUT2D eigenvalue weighted by Crippen LogP contribution is -2.11. The summed E-state index contributed by atoms with van der Waals surface area (Å²) < 4.78 is 10.7. The second-order valence-electron chi connectivity index (χ2n) is 5.23. The molecule has 0 aliphatic heterocycles. The minimum Gasteiger partial charge on any atom is -0.496 e. The molecular weight excluding hydrogens is 264 g/mol. The van der Waals surface area contributed by atoms with Crippen molar-refractivity contribution in [3.63, 3.8) is 0 Å². The van der Waals surface area contributed by atoms with E-state index in [4.69, 9.17) is 9.47 Å². The Hall–Kier alpha value is -2.29. The summed E-state index contributed by atoms with van der Waals surface area (Å²) in [6.07, 6.45) is 4.63. The summed E-state index contributed by atoms with van der Waals surface area (Å²) in [6, 6.07) is 13.0. The van der Waals surface area contributed by atoms with Gasteiger partial charge in [-0.25, -0.2) is 4.79 Å².